The highest BCUT2D eigenvalue weighted by molar-refractivity contribution is 7.11. The van der Waals surface area contributed by atoms with Crippen molar-refractivity contribution in [2.24, 2.45) is 5.41 Å². The molecular weight excluding hydrogens is 273 g/mol. The second-order valence-corrected chi connectivity index (χ2v) is 7.40. The summed E-state index contributed by atoms with van der Waals surface area (Å²) in [6.07, 6.45) is 2.01. The molecule has 106 valence electrons. The lowest BCUT2D eigenvalue weighted by Crippen LogP contribution is -2.24. The van der Waals surface area contributed by atoms with Gasteiger partial charge in [0.2, 0.25) is 0 Å². The summed E-state index contributed by atoms with van der Waals surface area (Å²) in [7, 11) is 0. The third-order valence-corrected chi connectivity index (χ3v) is 4.93. The van der Waals surface area contributed by atoms with Gasteiger partial charge in [-0.1, -0.05) is 26.0 Å². The van der Waals surface area contributed by atoms with Gasteiger partial charge in [0.25, 0.3) is 0 Å². The van der Waals surface area contributed by atoms with Crippen molar-refractivity contribution in [3.8, 4) is 0 Å². The predicted octanol–water partition coefficient (Wildman–Crippen LogP) is 3.88. The third-order valence-electron chi connectivity index (χ3n) is 3.74. The van der Waals surface area contributed by atoms with E-state index in [2.05, 4.69) is 18.8 Å². The van der Waals surface area contributed by atoms with Crippen molar-refractivity contribution in [3.05, 3.63) is 51.2 Å². The highest BCUT2D eigenvalue weighted by Gasteiger charge is 2.33. The van der Waals surface area contributed by atoms with Crippen molar-refractivity contribution in [3.63, 3.8) is 0 Å². The molecule has 0 aliphatic heterocycles. The first-order valence-electron chi connectivity index (χ1n) is 6.84. The Balaban J connectivity index is 1.85. The number of rotatable bonds is 2. The van der Waals surface area contributed by atoms with Gasteiger partial charge in [-0.2, -0.15) is 0 Å². The molecule has 0 fully saturated rings. The van der Waals surface area contributed by atoms with E-state index in [9.17, 15) is 9.50 Å². The first-order valence-corrected chi connectivity index (χ1v) is 7.66. The van der Waals surface area contributed by atoms with Crippen LogP contribution in [0.25, 0.3) is 0 Å². The SMILES string of the molecule is CC1(C)Cc2nc(Cc3ccc(F)cc3)sc2C(O)C1. The Morgan fingerprint density at radius 3 is 2.75 bits per heavy atom. The number of aliphatic hydroxyl groups is 1. The lowest BCUT2D eigenvalue weighted by molar-refractivity contribution is 0.102. The quantitative estimate of drug-likeness (QED) is 0.911. The minimum absolute atomic E-state index is 0.105. The summed E-state index contributed by atoms with van der Waals surface area (Å²) in [6, 6.07) is 6.52. The minimum Gasteiger partial charge on any atom is -0.387 e. The molecule has 1 atom stereocenters. The summed E-state index contributed by atoms with van der Waals surface area (Å²) < 4.78 is 12.9. The Hall–Kier alpha value is -1.26. The molecule has 20 heavy (non-hydrogen) atoms. The molecule has 0 radical (unpaired) electrons. The standard InChI is InChI=1S/C16H18FNOS/c1-16(2)8-12-15(13(19)9-16)20-14(18-12)7-10-3-5-11(17)6-4-10/h3-6,13,19H,7-9H2,1-2H3. The summed E-state index contributed by atoms with van der Waals surface area (Å²) in [4.78, 5) is 5.69. The molecule has 1 heterocycles. The molecule has 1 aliphatic carbocycles. The van der Waals surface area contributed by atoms with Gasteiger partial charge < -0.3 is 5.11 Å². The van der Waals surface area contributed by atoms with E-state index in [0.717, 1.165) is 34.0 Å². The van der Waals surface area contributed by atoms with Crippen LogP contribution in [-0.4, -0.2) is 10.1 Å². The number of nitrogens with zero attached hydrogens (tertiary/aromatic N) is 1. The maximum Gasteiger partial charge on any atom is 0.123 e. The largest absolute Gasteiger partial charge is 0.387 e. The molecule has 1 unspecified atom stereocenters. The van der Waals surface area contributed by atoms with Crippen molar-refractivity contribution >= 4 is 11.3 Å². The van der Waals surface area contributed by atoms with E-state index in [-0.39, 0.29) is 11.2 Å². The average Bonchev–Trinajstić information content (AvgIpc) is 2.73. The van der Waals surface area contributed by atoms with Gasteiger partial charge in [-0.25, -0.2) is 9.37 Å². The molecule has 0 saturated heterocycles. The molecule has 1 N–H and O–H groups in total. The van der Waals surface area contributed by atoms with Crippen LogP contribution in [0.3, 0.4) is 0 Å². The second-order valence-electron chi connectivity index (χ2n) is 6.28. The van der Waals surface area contributed by atoms with E-state index in [1.165, 1.54) is 12.1 Å². The van der Waals surface area contributed by atoms with Gasteiger partial charge in [-0.05, 0) is 36.0 Å². The molecule has 0 spiro atoms. The zero-order valence-electron chi connectivity index (χ0n) is 11.7. The normalized spacial score (nSPS) is 20.7. The fourth-order valence-electron chi connectivity index (χ4n) is 2.80. The summed E-state index contributed by atoms with van der Waals surface area (Å²) in [5.41, 5.74) is 2.19. The smallest absolute Gasteiger partial charge is 0.123 e. The van der Waals surface area contributed by atoms with Crippen LogP contribution in [0.4, 0.5) is 4.39 Å². The predicted molar refractivity (Wildman–Crippen MR) is 78.4 cm³/mol. The summed E-state index contributed by atoms with van der Waals surface area (Å²) >= 11 is 1.59. The Morgan fingerprint density at radius 1 is 1.35 bits per heavy atom. The minimum atomic E-state index is -0.395. The molecule has 1 aromatic heterocycles. The van der Waals surface area contributed by atoms with Crippen molar-refractivity contribution in [1.29, 1.82) is 0 Å². The van der Waals surface area contributed by atoms with E-state index in [0.29, 0.717) is 6.42 Å². The van der Waals surface area contributed by atoms with Crippen LogP contribution in [0.15, 0.2) is 24.3 Å². The van der Waals surface area contributed by atoms with Crippen molar-refractivity contribution in [1.82, 2.24) is 4.98 Å². The van der Waals surface area contributed by atoms with Crippen LogP contribution in [0.5, 0.6) is 0 Å². The van der Waals surface area contributed by atoms with Crippen molar-refractivity contribution in [2.75, 3.05) is 0 Å². The number of aliphatic hydroxyl groups excluding tert-OH is 1. The number of hydrogen-bond donors (Lipinski definition) is 1. The lowest BCUT2D eigenvalue weighted by Gasteiger charge is -2.31. The first kappa shape index (κ1) is 13.7. The highest BCUT2D eigenvalue weighted by atomic mass is 32.1. The van der Waals surface area contributed by atoms with E-state index < -0.39 is 6.10 Å². The molecule has 0 amide bonds. The van der Waals surface area contributed by atoms with Crippen LogP contribution in [-0.2, 0) is 12.8 Å². The molecule has 2 aromatic rings. The van der Waals surface area contributed by atoms with E-state index >= 15 is 0 Å². The molecule has 2 nitrogen and oxygen atoms in total. The molecule has 1 aliphatic rings. The summed E-state index contributed by atoms with van der Waals surface area (Å²) in [5.74, 6) is -0.218. The zero-order chi connectivity index (χ0) is 14.3. The number of hydrogen-bond acceptors (Lipinski definition) is 3. The van der Waals surface area contributed by atoms with Gasteiger partial charge in [0, 0.05) is 6.42 Å². The number of aromatic nitrogens is 1. The van der Waals surface area contributed by atoms with E-state index in [1.807, 2.05) is 0 Å². The van der Waals surface area contributed by atoms with Crippen LogP contribution in [0.1, 0.15) is 47.5 Å². The number of fused-ring (bicyclic) bond motifs is 1. The summed E-state index contributed by atoms with van der Waals surface area (Å²) in [6.45, 7) is 4.33. The molecular formula is C16H18FNOS. The third kappa shape index (κ3) is 2.76. The fraction of sp³-hybridized carbons (Fsp3) is 0.438. The highest BCUT2D eigenvalue weighted by Crippen LogP contribution is 2.43. The molecule has 4 heteroatoms. The molecule has 3 rings (SSSR count). The Morgan fingerprint density at radius 2 is 2.05 bits per heavy atom. The van der Waals surface area contributed by atoms with Gasteiger partial charge in [0.15, 0.2) is 0 Å². The van der Waals surface area contributed by atoms with Crippen LogP contribution >= 0.6 is 11.3 Å². The lowest BCUT2D eigenvalue weighted by atomic mass is 9.77. The molecule has 1 aromatic carbocycles. The maximum absolute atomic E-state index is 12.9. The van der Waals surface area contributed by atoms with E-state index in [4.69, 9.17) is 0 Å². The van der Waals surface area contributed by atoms with Gasteiger partial charge in [0.05, 0.1) is 21.7 Å². The van der Waals surface area contributed by atoms with Crippen LogP contribution in [0, 0.1) is 11.2 Å². The van der Waals surface area contributed by atoms with Gasteiger partial charge in [-0.3, -0.25) is 0 Å². The Labute approximate surface area is 122 Å². The van der Waals surface area contributed by atoms with Crippen LogP contribution < -0.4 is 0 Å². The average molecular weight is 291 g/mol. The maximum atomic E-state index is 12.9. The topological polar surface area (TPSA) is 33.1 Å². The van der Waals surface area contributed by atoms with E-state index in [1.54, 1.807) is 23.5 Å². The first-order chi connectivity index (χ1) is 9.43. The fourth-order valence-corrected chi connectivity index (χ4v) is 3.90. The Kier molecular flexibility index (Phi) is 3.38. The number of thiazole rings is 1. The zero-order valence-corrected chi connectivity index (χ0v) is 12.5. The monoisotopic (exact) mass is 291 g/mol. The summed E-state index contributed by atoms with van der Waals surface area (Å²) in [5, 5.41) is 11.2. The van der Waals surface area contributed by atoms with Gasteiger partial charge >= 0.3 is 0 Å². The van der Waals surface area contributed by atoms with Crippen LogP contribution in [0.2, 0.25) is 0 Å². The molecule has 0 saturated carbocycles. The second kappa shape index (κ2) is 4.93. The number of benzene rings is 1. The van der Waals surface area contributed by atoms with Crippen molar-refractivity contribution < 1.29 is 9.50 Å². The molecule has 0 bridgehead atoms. The Bertz CT molecular complexity index is 618. The van der Waals surface area contributed by atoms with Gasteiger partial charge in [0.1, 0.15) is 5.82 Å². The van der Waals surface area contributed by atoms with Crippen molar-refractivity contribution in [2.45, 2.75) is 39.2 Å². The van der Waals surface area contributed by atoms with Gasteiger partial charge in [-0.15, -0.1) is 11.3 Å². The number of halogens is 1.